The van der Waals surface area contributed by atoms with Gasteiger partial charge in [0.25, 0.3) is 0 Å². The fourth-order valence-corrected chi connectivity index (χ4v) is 1.85. The monoisotopic (exact) mass is 253 g/mol. The summed E-state index contributed by atoms with van der Waals surface area (Å²) >= 11 is 0. The minimum atomic E-state index is -0.437. The van der Waals surface area contributed by atoms with Crippen molar-refractivity contribution in [3.63, 3.8) is 0 Å². The lowest BCUT2D eigenvalue weighted by Crippen LogP contribution is -2.11. The van der Waals surface area contributed by atoms with E-state index >= 15 is 0 Å². The maximum atomic E-state index is 12.0. The predicted molar refractivity (Wildman–Crippen MR) is 75.9 cm³/mol. The van der Waals surface area contributed by atoms with Gasteiger partial charge in [-0.05, 0) is 11.1 Å². The summed E-state index contributed by atoms with van der Waals surface area (Å²) in [5.74, 6) is -0.437. The summed E-state index contributed by atoms with van der Waals surface area (Å²) in [6.07, 6.45) is 0. The number of hydrogen-bond donors (Lipinski definition) is 1. The quantitative estimate of drug-likeness (QED) is 0.520. The molecule has 0 saturated carbocycles. The molecular weight excluding hydrogens is 238 g/mol. The molecule has 96 valence electrons. The van der Waals surface area contributed by atoms with Gasteiger partial charge < -0.3 is 10.5 Å². The molecule has 0 bridgehead atoms. The summed E-state index contributed by atoms with van der Waals surface area (Å²) in [5.41, 5.74) is 8.47. The molecule has 0 fully saturated rings. The molecule has 0 aliphatic rings. The standard InChI is InChI=1S/C16H15NO2/c1-19-16(18)14(12-8-4-2-5-9-12)15(17)13-10-6-3-7-11-13/h2-11H,17H2,1H3/b15-14-. The Morgan fingerprint density at radius 3 is 1.84 bits per heavy atom. The summed E-state index contributed by atoms with van der Waals surface area (Å²) in [7, 11) is 1.35. The van der Waals surface area contributed by atoms with Crippen molar-refractivity contribution < 1.29 is 9.53 Å². The topological polar surface area (TPSA) is 52.3 Å². The summed E-state index contributed by atoms with van der Waals surface area (Å²) in [6, 6.07) is 18.7. The average Bonchev–Trinajstić information content (AvgIpc) is 2.49. The fourth-order valence-electron chi connectivity index (χ4n) is 1.85. The zero-order chi connectivity index (χ0) is 13.7. The second-order valence-corrected chi connectivity index (χ2v) is 4.01. The van der Waals surface area contributed by atoms with Crippen LogP contribution in [0.15, 0.2) is 60.7 Å². The lowest BCUT2D eigenvalue weighted by Gasteiger charge is -2.10. The Morgan fingerprint density at radius 2 is 1.37 bits per heavy atom. The van der Waals surface area contributed by atoms with Crippen molar-refractivity contribution in [2.24, 2.45) is 5.73 Å². The Hall–Kier alpha value is -2.55. The van der Waals surface area contributed by atoms with Gasteiger partial charge in [0.2, 0.25) is 0 Å². The second kappa shape index (κ2) is 5.87. The molecule has 0 amide bonds. The lowest BCUT2D eigenvalue weighted by atomic mass is 10.00. The van der Waals surface area contributed by atoms with Gasteiger partial charge in [-0.25, -0.2) is 4.79 Å². The Balaban J connectivity index is 2.58. The van der Waals surface area contributed by atoms with E-state index in [1.165, 1.54) is 7.11 Å². The summed E-state index contributed by atoms with van der Waals surface area (Å²) in [6.45, 7) is 0. The fraction of sp³-hybridized carbons (Fsp3) is 0.0625. The number of ether oxygens (including phenoxy) is 1. The average molecular weight is 253 g/mol. The predicted octanol–water partition coefficient (Wildman–Crippen LogP) is 2.69. The third kappa shape index (κ3) is 2.83. The van der Waals surface area contributed by atoms with Crippen LogP contribution in [0, 0.1) is 0 Å². The molecule has 2 N–H and O–H groups in total. The molecule has 0 radical (unpaired) electrons. The molecule has 0 atom stereocenters. The van der Waals surface area contributed by atoms with Crippen LogP contribution in [-0.4, -0.2) is 13.1 Å². The van der Waals surface area contributed by atoms with E-state index in [2.05, 4.69) is 0 Å². The number of carbonyl (C=O) groups excluding carboxylic acids is 1. The molecule has 2 rings (SSSR count). The first kappa shape index (κ1) is 12.9. The van der Waals surface area contributed by atoms with Crippen molar-refractivity contribution in [1.82, 2.24) is 0 Å². The SMILES string of the molecule is COC(=O)/C(=C(\N)c1ccccc1)c1ccccc1. The lowest BCUT2D eigenvalue weighted by molar-refractivity contribution is -0.133. The van der Waals surface area contributed by atoms with Gasteiger partial charge in [-0.3, -0.25) is 0 Å². The third-order valence-corrected chi connectivity index (χ3v) is 2.81. The highest BCUT2D eigenvalue weighted by Gasteiger charge is 2.17. The normalized spacial score (nSPS) is 11.6. The van der Waals surface area contributed by atoms with Crippen LogP contribution in [0.5, 0.6) is 0 Å². The summed E-state index contributed by atoms with van der Waals surface area (Å²) in [5, 5.41) is 0. The van der Waals surface area contributed by atoms with Gasteiger partial charge in [-0.2, -0.15) is 0 Å². The Labute approximate surface area is 112 Å². The minimum absolute atomic E-state index is 0.384. The molecule has 2 aromatic carbocycles. The van der Waals surface area contributed by atoms with Gasteiger partial charge >= 0.3 is 5.97 Å². The zero-order valence-electron chi connectivity index (χ0n) is 10.7. The highest BCUT2D eigenvalue weighted by Crippen LogP contribution is 2.23. The van der Waals surface area contributed by atoms with E-state index in [9.17, 15) is 4.79 Å². The number of nitrogens with two attached hydrogens (primary N) is 1. The van der Waals surface area contributed by atoms with Crippen molar-refractivity contribution in [3.8, 4) is 0 Å². The Morgan fingerprint density at radius 1 is 0.895 bits per heavy atom. The van der Waals surface area contributed by atoms with Crippen LogP contribution in [0.3, 0.4) is 0 Å². The van der Waals surface area contributed by atoms with Crippen LogP contribution < -0.4 is 5.73 Å². The van der Waals surface area contributed by atoms with E-state index in [-0.39, 0.29) is 0 Å². The zero-order valence-corrected chi connectivity index (χ0v) is 10.7. The number of hydrogen-bond acceptors (Lipinski definition) is 3. The van der Waals surface area contributed by atoms with Gasteiger partial charge in [-0.1, -0.05) is 60.7 Å². The molecule has 19 heavy (non-hydrogen) atoms. The first-order chi connectivity index (χ1) is 9.24. The number of carbonyl (C=O) groups is 1. The molecule has 0 aromatic heterocycles. The Kier molecular flexibility index (Phi) is 3.98. The molecule has 0 aliphatic carbocycles. The maximum Gasteiger partial charge on any atom is 0.340 e. The molecule has 2 aromatic rings. The number of rotatable bonds is 3. The minimum Gasteiger partial charge on any atom is -0.465 e. The maximum absolute atomic E-state index is 12.0. The smallest absolute Gasteiger partial charge is 0.340 e. The molecule has 0 aliphatic heterocycles. The highest BCUT2D eigenvalue weighted by atomic mass is 16.5. The highest BCUT2D eigenvalue weighted by molar-refractivity contribution is 6.24. The largest absolute Gasteiger partial charge is 0.465 e. The summed E-state index contributed by atoms with van der Waals surface area (Å²) in [4.78, 5) is 12.0. The van der Waals surface area contributed by atoms with Crippen LogP contribution in [0.25, 0.3) is 11.3 Å². The van der Waals surface area contributed by atoms with Crippen LogP contribution >= 0.6 is 0 Å². The van der Waals surface area contributed by atoms with E-state index < -0.39 is 5.97 Å². The summed E-state index contributed by atoms with van der Waals surface area (Å²) < 4.78 is 4.83. The molecule has 0 heterocycles. The molecule has 0 spiro atoms. The van der Waals surface area contributed by atoms with Gasteiger partial charge in [0.05, 0.1) is 18.4 Å². The van der Waals surface area contributed by atoms with Crippen LogP contribution in [-0.2, 0) is 9.53 Å². The second-order valence-electron chi connectivity index (χ2n) is 4.01. The van der Waals surface area contributed by atoms with Crippen molar-refractivity contribution in [2.45, 2.75) is 0 Å². The molecule has 3 nitrogen and oxygen atoms in total. The van der Waals surface area contributed by atoms with Crippen molar-refractivity contribution >= 4 is 17.2 Å². The van der Waals surface area contributed by atoms with Crippen molar-refractivity contribution in [1.29, 1.82) is 0 Å². The number of methoxy groups -OCH3 is 1. The third-order valence-electron chi connectivity index (χ3n) is 2.81. The first-order valence-electron chi connectivity index (χ1n) is 5.93. The van der Waals surface area contributed by atoms with Crippen LogP contribution in [0.4, 0.5) is 0 Å². The first-order valence-corrected chi connectivity index (χ1v) is 5.93. The van der Waals surface area contributed by atoms with Gasteiger partial charge in [0, 0.05) is 0 Å². The van der Waals surface area contributed by atoms with Gasteiger partial charge in [-0.15, -0.1) is 0 Å². The number of esters is 1. The van der Waals surface area contributed by atoms with E-state index in [0.717, 1.165) is 11.1 Å². The van der Waals surface area contributed by atoms with Gasteiger partial charge in [0.1, 0.15) is 0 Å². The molecule has 0 unspecified atom stereocenters. The van der Waals surface area contributed by atoms with E-state index in [1.807, 2.05) is 60.7 Å². The van der Waals surface area contributed by atoms with E-state index in [0.29, 0.717) is 11.3 Å². The van der Waals surface area contributed by atoms with E-state index in [4.69, 9.17) is 10.5 Å². The molecular formula is C16H15NO2. The number of benzene rings is 2. The van der Waals surface area contributed by atoms with Crippen LogP contribution in [0.2, 0.25) is 0 Å². The van der Waals surface area contributed by atoms with Crippen molar-refractivity contribution in [2.75, 3.05) is 7.11 Å². The molecule has 3 heteroatoms. The Bertz CT molecular complexity index is 589. The van der Waals surface area contributed by atoms with E-state index in [1.54, 1.807) is 0 Å². The molecule has 0 saturated heterocycles. The van der Waals surface area contributed by atoms with Crippen molar-refractivity contribution in [3.05, 3.63) is 71.8 Å². The van der Waals surface area contributed by atoms with Gasteiger partial charge in [0.15, 0.2) is 0 Å². The van der Waals surface area contributed by atoms with Crippen LogP contribution in [0.1, 0.15) is 11.1 Å².